The van der Waals surface area contributed by atoms with E-state index in [4.69, 9.17) is 9.47 Å². The van der Waals surface area contributed by atoms with Crippen LogP contribution in [0.3, 0.4) is 0 Å². The molecule has 4 rings (SSSR count). The third kappa shape index (κ3) is 6.25. The van der Waals surface area contributed by atoms with E-state index in [1.165, 1.54) is 0 Å². The fourth-order valence-electron chi connectivity index (χ4n) is 3.43. The molecule has 0 radical (unpaired) electrons. The third-order valence-electron chi connectivity index (χ3n) is 5.16. The van der Waals surface area contributed by atoms with Gasteiger partial charge in [0.15, 0.2) is 0 Å². The van der Waals surface area contributed by atoms with Gasteiger partial charge in [0.1, 0.15) is 23.6 Å². The van der Waals surface area contributed by atoms with Gasteiger partial charge in [-0.25, -0.2) is 4.98 Å². The first-order chi connectivity index (χ1) is 15.8. The summed E-state index contributed by atoms with van der Waals surface area (Å²) < 4.78 is 11.6. The van der Waals surface area contributed by atoms with E-state index in [0.29, 0.717) is 25.4 Å². The van der Waals surface area contributed by atoms with Crippen molar-refractivity contribution in [3.63, 3.8) is 0 Å². The van der Waals surface area contributed by atoms with Crippen LogP contribution in [-0.4, -0.2) is 26.7 Å². The van der Waals surface area contributed by atoms with Crippen LogP contribution in [0.4, 0.5) is 0 Å². The van der Waals surface area contributed by atoms with Crippen molar-refractivity contribution in [3.05, 3.63) is 90.5 Å². The predicted molar refractivity (Wildman–Crippen MR) is 123 cm³/mol. The van der Waals surface area contributed by atoms with Crippen molar-refractivity contribution in [2.24, 2.45) is 0 Å². The molecule has 1 N–H and O–H groups in total. The molecule has 0 saturated carbocycles. The highest BCUT2D eigenvalue weighted by molar-refractivity contribution is 5.72. The Bertz CT molecular complexity index is 1120. The maximum absolute atomic E-state index is 10.6. The average Bonchev–Trinajstić information content (AvgIpc) is 2.85. The van der Waals surface area contributed by atoms with Crippen LogP contribution in [0.25, 0.3) is 11.0 Å². The highest BCUT2D eigenvalue weighted by atomic mass is 16.5. The van der Waals surface area contributed by atoms with E-state index >= 15 is 0 Å². The molecule has 6 heteroatoms. The lowest BCUT2D eigenvalue weighted by Gasteiger charge is -2.13. The molecular formula is C26H27N3O3. The van der Waals surface area contributed by atoms with E-state index in [-0.39, 0.29) is 0 Å². The molecule has 32 heavy (non-hydrogen) atoms. The number of nitrogens with zero attached hydrogens (tertiary/aromatic N) is 3. The number of unbranched alkanes of at least 4 members (excludes halogenated alkanes) is 2. The summed E-state index contributed by atoms with van der Waals surface area (Å²) in [4.78, 5) is 12.9. The van der Waals surface area contributed by atoms with Crippen LogP contribution in [0.2, 0.25) is 0 Å². The highest BCUT2D eigenvalue weighted by Crippen LogP contribution is 2.24. The van der Waals surface area contributed by atoms with Crippen molar-refractivity contribution in [2.75, 3.05) is 6.61 Å². The lowest BCUT2D eigenvalue weighted by Crippen LogP contribution is -2.02. The summed E-state index contributed by atoms with van der Waals surface area (Å²) in [6.45, 7) is 1.00. The standard InChI is InChI=1S/C26H27N3O3/c30-26(12-5-2-6-15-31-22-9-3-1-4-10-22)20-8-7-11-23(16-20)32-19-21-17-28-25-18-27-14-13-24(25)29-21/h1,3-4,7-11,13-14,16-18,26,30H,2,5-6,12,15,19H2. The molecule has 0 aliphatic heterocycles. The molecular weight excluding hydrogens is 402 g/mol. The number of rotatable bonds is 11. The minimum absolute atomic E-state index is 0.312. The fraction of sp³-hybridized carbons (Fsp3) is 0.269. The Kier molecular flexibility index (Phi) is 7.60. The second-order valence-corrected chi connectivity index (χ2v) is 7.61. The van der Waals surface area contributed by atoms with E-state index in [1.807, 2.05) is 60.7 Å². The Balaban J connectivity index is 1.21. The first-order valence-corrected chi connectivity index (χ1v) is 10.9. The molecule has 0 bridgehead atoms. The van der Waals surface area contributed by atoms with Gasteiger partial charge in [0.25, 0.3) is 0 Å². The molecule has 0 spiro atoms. The van der Waals surface area contributed by atoms with Gasteiger partial charge in [-0.1, -0.05) is 36.8 Å². The number of para-hydroxylation sites is 1. The molecule has 2 aromatic heterocycles. The topological polar surface area (TPSA) is 77.4 Å². The number of benzene rings is 2. The number of hydrogen-bond donors (Lipinski definition) is 1. The zero-order valence-electron chi connectivity index (χ0n) is 17.9. The van der Waals surface area contributed by atoms with Crippen molar-refractivity contribution in [1.29, 1.82) is 0 Å². The van der Waals surface area contributed by atoms with Crippen LogP contribution < -0.4 is 9.47 Å². The summed E-state index contributed by atoms with van der Waals surface area (Å²) in [5, 5.41) is 10.6. The van der Waals surface area contributed by atoms with Gasteiger partial charge in [0, 0.05) is 6.20 Å². The zero-order chi connectivity index (χ0) is 22.0. The Hall–Kier alpha value is -3.51. The van der Waals surface area contributed by atoms with Crippen LogP contribution in [0.5, 0.6) is 11.5 Å². The quantitative estimate of drug-likeness (QED) is 0.327. The van der Waals surface area contributed by atoms with Gasteiger partial charge in [-0.05, 0) is 55.2 Å². The molecule has 4 aromatic rings. The normalized spacial score (nSPS) is 11.9. The molecule has 0 aliphatic rings. The van der Waals surface area contributed by atoms with E-state index in [1.54, 1.807) is 18.6 Å². The molecule has 1 atom stereocenters. The summed E-state index contributed by atoms with van der Waals surface area (Å²) in [5.41, 5.74) is 3.15. The largest absolute Gasteiger partial charge is 0.494 e. The first-order valence-electron chi connectivity index (χ1n) is 10.9. The van der Waals surface area contributed by atoms with Crippen LogP contribution in [0, 0.1) is 0 Å². The minimum atomic E-state index is -0.512. The molecule has 2 aromatic carbocycles. The summed E-state index contributed by atoms with van der Waals surface area (Å²) in [7, 11) is 0. The van der Waals surface area contributed by atoms with Gasteiger partial charge >= 0.3 is 0 Å². The van der Waals surface area contributed by atoms with Crippen molar-refractivity contribution >= 4 is 11.0 Å². The predicted octanol–water partition coefficient (Wildman–Crippen LogP) is 5.28. The molecule has 0 saturated heterocycles. The van der Waals surface area contributed by atoms with Crippen LogP contribution in [-0.2, 0) is 6.61 Å². The molecule has 0 amide bonds. The van der Waals surface area contributed by atoms with E-state index in [2.05, 4.69) is 15.0 Å². The van der Waals surface area contributed by atoms with E-state index in [9.17, 15) is 5.11 Å². The minimum Gasteiger partial charge on any atom is -0.494 e. The number of hydrogen-bond acceptors (Lipinski definition) is 6. The van der Waals surface area contributed by atoms with Gasteiger partial charge in [-0.15, -0.1) is 0 Å². The first kappa shape index (κ1) is 21.7. The number of aromatic nitrogens is 3. The van der Waals surface area contributed by atoms with Gasteiger partial charge in [0.2, 0.25) is 0 Å². The van der Waals surface area contributed by atoms with Crippen LogP contribution >= 0.6 is 0 Å². The monoisotopic (exact) mass is 429 g/mol. The number of ether oxygens (including phenoxy) is 2. The van der Waals surface area contributed by atoms with E-state index in [0.717, 1.165) is 47.3 Å². The Morgan fingerprint density at radius 3 is 2.59 bits per heavy atom. The summed E-state index contributed by atoms with van der Waals surface area (Å²) in [6.07, 6.45) is 8.19. The lowest BCUT2D eigenvalue weighted by atomic mass is 10.0. The second-order valence-electron chi connectivity index (χ2n) is 7.61. The highest BCUT2D eigenvalue weighted by Gasteiger charge is 2.09. The van der Waals surface area contributed by atoms with Crippen LogP contribution in [0.1, 0.15) is 43.0 Å². The molecule has 1 unspecified atom stereocenters. The maximum atomic E-state index is 10.6. The molecule has 0 fully saturated rings. The molecule has 0 aliphatic carbocycles. The Morgan fingerprint density at radius 1 is 0.812 bits per heavy atom. The van der Waals surface area contributed by atoms with Crippen molar-refractivity contribution in [3.8, 4) is 11.5 Å². The summed E-state index contributed by atoms with van der Waals surface area (Å²) >= 11 is 0. The van der Waals surface area contributed by atoms with Crippen molar-refractivity contribution in [1.82, 2.24) is 15.0 Å². The summed E-state index contributed by atoms with van der Waals surface area (Å²) in [5.74, 6) is 1.60. The third-order valence-corrected chi connectivity index (χ3v) is 5.16. The van der Waals surface area contributed by atoms with Crippen molar-refractivity contribution in [2.45, 2.75) is 38.4 Å². The Morgan fingerprint density at radius 2 is 1.69 bits per heavy atom. The number of aliphatic hydroxyl groups excluding tert-OH is 1. The smallest absolute Gasteiger partial charge is 0.132 e. The Labute approximate surface area is 187 Å². The van der Waals surface area contributed by atoms with E-state index < -0.39 is 6.10 Å². The molecule has 2 heterocycles. The van der Waals surface area contributed by atoms with Gasteiger partial charge in [-0.3, -0.25) is 9.97 Å². The average molecular weight is 430 g/mol. The van der Waals surface area contributed by atoms with Gasteiger partial charge < -0.3 is 14.6 Å². The number of aliphatic hydroxyl groups is 1. The molecule has 164 valence electrons. The summed E-state index contributed by atoms with van der Waals surface area (Å²) in [6, 6.07) is 19.3. The zero-order valence-corrected chi connectivity index (χ0v) is 17.9. The lowest BCUT2D eigenvalue weighted by molar-refractivity contribution is 0.161. The SMILES string of the molecule is OC(CCCCCOc1ccccc1)c1cccc(OCc2cnc3cnccc3n2)c1. The van der Waals surface area contributed by atoms with Crippen molar-refractivity contribution < 1.29 is 14.6 Å². The second kappa shape index (κ2) is 11.2. The number of fused-ring (bicyclic) bond motifs is 1. The van der Waals surface area contributed by atoms with Gasteiger partial charge in [-0.2, -0.15) is 0 Å². The molecule has 6 nitrogen and oxygen atoms in total. The number of pyridine rings is 1. The van der Waals surface area contributed by atoms with Crippen LogP contribution in [0.15, 0.2) is 79.3 Å². The fourth-order valence-corrected chi connectivity index (χ4v) is 3.43. The maximum Gasteiger partial charge on any atom is 0.132 e. The van der Waals surface area contributed by atoms with Gasteiger partial charge in [0.05, 0.1) is 36.3 Å².